The number of benzene rings is 1. The average molecular weight is 559 g/mol. The van der Waals surface area contributed by atoms with Gasteiger partial charge in [0.15, 0.2) is 5.69 Å². The molecule has 0 radical (unpaired) electrons. The SMILES string of the molecule is O=C(Nc1ccc(N2CCCN(C(=O)O)CC2)nc1)c1oc(N2CCC(c3ccccc3)CC2)nc1C(F)(F)F. The Labute approximate surface area is 228 Å². The summed E-state index contributed by atoms with van der Waals surface area (Å²) in [5.74, 6) is -1.12. The number of carboxylic acid groups (broad SMARTS) is 1. The molecule has 2 amide bonds. The minimum absolute atomic E-state index is 0.186. The predicted molar refractivity (Wildman–Crippen MR) is 141 cm³/mol. The number of nitrogens with zero attached hydrogens (tertiary/aromatic N) is 5. The van der Waals surface area contributed by atoms with Gasteiger partial charge >= 0.3 is 12.3 Å². The number of rotatable bonds is 5. The number of amides is 2. The van der Waals surface area contributed by atoms with Crippen molar-refractivity contribution in [3.05, 3.63) is 65.7 Å². The van der Waals surface area contributed by atoms with Crippen LogP contribution in [-0.4, -0.2) is 71.2 Å². The van der Waals surface area contributed by atoms with Crippen molar-refractivity contribution in [1.82, 2.24) is 14.9 Å². The summed E-state index contributed by atoms with van der Waals surface area (Å²) in [5.41, 5.74) is -0.00361. The first kappa shape index (κ1) is 27.3. The number of carbonyl (C=O) groups is 2. The molecule has 0 unspecified atom stereocenters. The number of carbonyl (C=O) groups excluding carboxylic acids is 1. The monoisotopic (exact) mass is 558 g/mol. The summed E-state index contributed by atoms with van der Waals surface area (Å²) in [5, 5.41) is 11.6. The van der Waals surface area contributed by atoms with Gasteiger partial charge in [0.1, 0.15) is 5.82 Å². The number of nitrogens with one attached hydrogen (secondary N) is 1. The highest BCUT2D eigenvalue weighted by molar-refractivity contribution is 6.03. The molecule has 0 saturated carbocycles. The summed E-state index contributed by atoms with van der Waals surface area (Å²) < 4.78 is 46.8. The summed E-state index contributed by atoms with van der Waals surface area (Å²) in [6, 6.07) is 12.9. The summed E-state index contributed by atoms with van der Waals surface area (Å²) >= 11 is 0. The molecule has 5 rings (SSSR count). The van der Waals surface area contributed by atoms with Gasteiger partial charge in [-0.1, -0.05) is 30.3 Å². The van der Waals surface area contributed by atoms with E-state index in [1.165, 1.54) is 22.7 Å². The molecule has 10 nitrogen and oxygen atoms in total. The first-order valence-electron chi connectivity index (χ1n) is 13.1. The number of alkyl halides is 3. The van der Waals surface area contributed by atoms with Crippen LogP contribution in [0.15, 0.2) is 53.1 Å². The second-order valence-electron chi connectivity index (χ2n) is 9.81. The minimum atomic E-state index is -4.88. The van der Waals surface area contributed by atoms with Crippen molar-refractivity contribution >= 4 is 29.5 Å². The van der Waals surface area contributed by atoms with Gasteiger partial charge in [0.25, 0.3) is 11.9 Å². The van der Waals surface area contributed by atoms with Crippen molar-refractivity contribution in [1.29, 1.82) is 0 Å². The molecular weight excluding hydrogens is 529 g/mol. The summed E-state index contributed by atoms with van der Waals surface area (Å²) in [4.78, 5) is 37.0. The van der Waals surface area contributed by atoms with E-state index in [0.29, 0.717) is 51.5 Å². The highest BCUT2D eigenvalue weighted by Gasteiger charge is 2.42. The lowest BCUT2D eigenvalue weighted by atomic mass is 9.90. The lowest BCUT2D eigenvalue weighted by Crippen LogP contribution is -2.34. The largest absolute Gasteiger partial charge is 0.465 e. The van der Waals surface area contributed by atoms with E-state index in [9.17, 15) is 27.9 Å². The maximum absolute atomic E-state index is 13.8. The number of pyridine rings is 1. The number of halogens is 3. The van der Waals surface area contributed by atoms with Crippen LogP contribution in [0, 0.1) is 0 Å². The van der Waals surface area contributed by atoms with Gasteiger partial charge in [0.2, 0.25) is 5.76 Å². The zero-order chi connectivity index (χ0) is 28.3. The van der Waals surface area contributed by atoms with Crippen LogP contribution in [0.2, 0.25) is 0 Å². The summed E-state index contributed by atoms with van der Waals surface area (Å²) in [7, 11) is 0. The van der Waals surface area contributed by atoms with Crippen LogP contribution >= 0.6 is 0 Å². The second kappa shape index (κ2) is 11.4. The van der Waals surface area contributed by atoms with E-state index in [1.54, 1.807) is 11.0 Å². The highest BCUT2D eigenvalue weighted by Crippen LogP contribution is 2.36. The van der Waals surface area contributed by atoms with Crippen molar-refractivity contribution in [2.24, 2.45) is 0 Å². The fraction of sp³-hybridized carbons (Fsp3) is 0.407. The Kier molecular flexibility index (Phi) is 7.81. The zero-order valence-corrected chi connectivity index (χ0v) is 21.6. The quantitative estimate of drug-likeness (QED) is 0.454. The summed E-state index contributed by atoms with van der Waals surface area (Å²) in [6.45, 7) is 2.69. The first-order chi connectivity index (χ1) is 19.2. The third kappa shape index (κ3) is 6.13. The molecule has 2 aliphatic heterocycles. The van der Waals surface area contributed by atoms with Gasteiger partial charge in [-0.3, -0.25) is 4.79 Å². The van der Waals surface area contributed by atoms with E-state index >= 15 is 0 Å². The predicted octanol–water partition coefficient (Wildman–Crippen LogP) is 4.91. The standard InChI is InChI=1S/C27H29F3N6O4/c28-27(29,30)23-22(40-25(33-23)35-13-9-19(10-14-35)18-5-2-1-3-6-18)24(37)32-20-7-8-21(31-17-20)34-11-4-12-36(16-15-34)26(38)39/h1-3,5-8,17,19H,4,9-16H2,(H,32,37)(H,38,39). The molecule has 0 atom stereocenters. The van der Waals surface area contributed by atoms with E-state index in [4.69, 9.17) is 4.42 Å². The fourth-order valence-corrected chi connectivity index (χ4v) is 5.09. The van der Waals surface area contributed by atoms with Crippen LogP contribution in [0.4, 0.5) is 35.5 Å². The third-order valence-corrected chi connectivity index (χ3v) is 7.22. The fourth-order valence-electron chi connectivity index (χ4n) is 5.09. The Morgan fingerprint density at radius 1 is 0.950 bits per heavy atom. The van der Waals surface area contributed by atoms with Gasteiger partial charge in [-0.15, -0.1) is 0 Å². The molecule has 2 N–H and O–H groups in total. The van der Waals surface area contributed by atoms with Gasteiger partial charge in [0.05, 0.1) is 11.9 Å². The number of hydrogen-bond donors (Lipinski definition) is 2. The van der Waals surface area contributed by atoms with Crippen LogP contribution in [-0.2, 0) is 6.18 Å². The van der Waals surface area contributed by atoms with Crippen molar-refractivity contribution in [3.8, 4) is 0 Å². The van der Waals surface area contributed by atoms with Gasteiger partial charge < -0.3 is 29.5 Å². The molecule has 2 saturated heterocycles. The normalized spacial score (nSPS) is 17.0. The zero-order valence-electron chi connectivity index (χ0n) is 21.6. The van der Waals surface area contributed by atoms with Gasteiger partial charge in [0, 0.05) is 39.3 Å². The Morgan fingerprint density at radius 3 is 2.35 bits per heavy atom. The van der Waals surface area contributed by atoms with Crippen molar-refractivity contribution < 1.29 is 32.3 Å². The van der Waals surface area contributed by atoms with Gasteiger partial charge in [-0.05, 0) is 42.9 Å². The topological polar surface area (TPSA) is 115 Å². The Bertz CT molecular complexity index is 1320. The van der Waals surface area contributed by atoms with E-state index in [-0.39, 0.29) is 17.6 Å². The van der Waals surface area contributed by atoms with Crippen LogP contribution in [0.5, 0.6) is 0 Å². The van der Waals surface area contributed by atoms with E-state index in [2.05, 4.69) is 15.3 Å². The molecule has 3 aromatic rings. The lowest BCUT2D eigenvalue weighted by Gasteiger charge is -2.31. The minimum Gasteiger partial charge on any atom is -0.465 e. The number of anilines is 3. The molecule has 1 aromatic carbocycles. The van der Waals surface area contributed by atoms with Gasteiger partial charge in [-0.2, -0.15) is 18.2 Å². The highest BCUT2D eigenvalue weighted by atomic mass is 19.4. The molecule has 0 bridgehead atoms. The first-order valence-corrected chi connectivity index (χ1v) is 13.1. The second-order valence-corrected chi connectivity index (χ2v) is 9.81. The lowest BCUT2D eigenvalue weighted by molar-refractivity contribution is -0.141. The molecular formula is C27H29F3N6O4. The molecule has 0 aliphatic carbocycles. The number of piperidine rings is 1. The summed E-state index contributed by atoms with van der Waals surface area (Å²) in [6.07, 6.45) is -2.44. The molecule has 212 valence electrons. The molecule has 2 aromatic heterocycles. The van der Waals surface area contributed by atoms with E-state index in [1.807, 2.05) is 35.2 Å². The van der Waals surface area contributed by atoms with Crippen LogP contribution in [0.3, 0.4) is 0 Å². The molecule has 2 fully saturated rings. The van der Waals surface area contributed by atoms with E-state index < -0.39 is 29.6 Å². The number of oxazole rings is 1. The molecule has 40 heavy (non-hydrogen) atoms. The average Bonchev–Trinajstić information content (AvgIpc) is 3.27. The molecule has 0 spiro atoms. The van der Waals surface area contributed by atoms with Gasteiger partial charge in [-0.25, -0.2) is 9.78 Å². The Morgan fingerprint density at radius 2 is 1.70 bits per heavy atom. The number of aromatic nitrogens is 2. The van der Waals surface area contributed by atoms with Crippen molar-refractivity contribution in [2.75, 3.05) is 54.4 Å². The van der Waals surface area contributed by atoms with Crippen LogP contribution < -0.4 is 15.1 Å². The molecule has 4 heterocycles. The maximum Gasteiger partial charge on any atom is 0.437 e. The van der Waals surface area contributed by atoms with E-state index in [0.717, 1.165) is 12.8 Å². The van der Waals surface area contributed by atoms with Crippen LogP contribution in [0.1, 0.15) is 47.0 Å². The maximum atomic E-state index is 13.8. The molecule has 13 heteroatoms. The smallest absolute Gasteiger partial charge is 0.437 e. The van der Waals surface area contributed by atoms with Crippen molar-refractivity contribution in [3.63, 3.8) is 0 Å². The molecule has 2 aliphatic rings. The third-order valence-electron chi connectivity index (χ3n) is 7.22. The van der Waals surface area contributed by atoms with Crippen molar-refractivity contribution in [2.45, 2.75) is 31.4 Å². The van der Waals surface area contributed by atoms with Crippen LogP contribution in [0.25, 0.3) is 0 Å². The Balaban J connectivity index is 1.26. The number of hydrogen-bond acceptors (Lipinski definition) is 7. The Hall–Kier alpha value is -4.29.